The van der Waals surface area contributed by atoms with Crippen LogP contribution in [-0.4, -0.2) is 52.9 Å². The summed E-state index contributed by atoms with van der Waals surface area (Å²) < 4.78 is 5.35. The van der Waals surface area contributed by atoms with Crippen LogP contribution in [-0.2, 0) is 19.1 Å². The van der Waals surface area contributed by atoms with Crippen molar-refractivity contribution in [1.82, 2.24) is 15.5 Å². The average molecular weight is 529 g/mol. The Hall–Kier alpha value is -3.54. The van der Waals surface area contributed by atoms with E-state index in [0.29, 0.717) is 17.5 Å². The maximum atomic E-state index is 14.0. The average Bonchev–Trinajstić information content (AvgIpc) is 2.82. The van der Waals surface area contributed by atoms with Crippen LogP contribution >= 0.6 is 0 Å². The van der Waals surface area contributed by atoms with E-state index in [1.165, 1.54) is 4.90 Å². The molecule has 0 heterocycles. The highest BCUT2D eigenvalue weighted by atomic mass is 16.6. The molecule has 38 heavy (non-hydrogen) atoms. The molecule has 1 aromatic carbocycles. The fourth-order valence-corrected chi connectivity index (χ4v) is 3.95. The zero-order valence-electron chi connectivity index (χ0n) is 23.6. The molecule has 9 heteroatoms. The highest BCUT2D eigenvalue weighted by Crippen LogP contribution is 2.25. The first-order valence-electron chi connectivity index (χ1n) is 13.3. The molecule has 4 amide bonds. The van der Waals surface area contributed by atoms with Gasteiger partial charge in [-0.2, -0.15) is 0 Å². The number of ether oxygens (including phenoxy) is 1. The third-order valence-electron chi connectivity index (χ3n) is 5.77. The standard InChI is InChI=1S/C29H44N4O5/c1-8-11-19-33(27(36)23(17-18-24(30)34)32-28(37)38-29(5,6)7)25(26(35)31-20(4)12-9-2)22-15-13-21(10-3)14-16-22/h3,13-16,20,23,25H,8-9,11-12,17-19H2,1-2,4-7H3,(H2,30,34)(H,31,35)(H,32,37). The zero-order chi connectivity index (χ0) is 28.9. The van der Waals surface area contributed by atoms with Gasteiger partial charge in [-0.25, -0.2) is 4.79 Å². The van der Waals surface area contributed by atoms with Gasteiger partial charge in [0.2, 0.25) is 17.7 Å². The van der Waals surface area contributed by atoms with Crippen LogP contribution in [0.4, 0.5) is 4.79 Å². The first-order valence-corrected chi connectivity index (χ1v) is 13.3. The number of nitrogens with one attached hydrogen (secondary N) is 2. The molecule has 1 aromatic rings. The number of nitrogens with two attached hydrogens (primary N) is 1. The number of hydrogen-bond acceptors (Lipinski definition) is 5. The predicted molar refractivity (Wildman–Crippen MR) is 148 cm³/mol. The summed E-state index contributed by atoms with van der Waals surface area (Å²) in [5, 5.41) is 5.61. The summed E-state index contributed by atoms with van der Waals surface area (Å²) >= 11 is 0. The van der Waals surface area contributed by atoms with Crippen LogP contribution in [0.1, 0.15) is 97.2 Å². The molecular weight excluding hydrogens is 484 g/mol. The summed E-state index contributed by atoms with van der Waals surface area (Å²) in [5.74, 6) is 1.10. The molecule has 210 valence electrons. The van der Waals surface area contributed by atoms with E-state index < -0.39 is 35.6 Å². The molecule has 0 radical (unpaired) electrons. The summed E-state index contributed by atoms with van der Waals surface area (Å²) in [6.45, 7) is 11.3. The maximum Gasteiger partial charge on any atom is 0.408 e. The Morgan fingerprint density at radius 2 is 1.68 bits per heavy atom. The molecule has 0 bridgehead atoms. The Morgan fingerprint density at radius 1 is 1.05 bits per heavy atom. The molecule has 4 N–H and O–H groups in total. The smallest absolute Gasteiger partial charge is 0.408 e. The number of unbranched alkanes of at least 4 members (excludes halogenated alkanes) is 1. The highest BCUT2D eigenvalue weighted by molar-refractivity contribution is 5.92. The minimum Gasteiger partial charge on any atom is -0.444 e. The predicted octanol–water partition coefficient (Wildman–Crippen LogP) is 3.80. The third-order valence-corrected chi connectivity index (χ3v) is 5.77. The lowest BCUT2D eigenvalue weighted by Gasteiger charge is -2.35. The lowest BCUT2D eigenvalue weighted by atomic mass is 9.99. The summed E-state index contributed by atoms with van der Waals surface area (Å²) in [6, 6.07) is 4.70. The summed E-state index contributed by atoms with van der Waals surface area (Å²) in [4.78, 5) is 53.3. The summed E-state index contributed by atoms with van der Waals surface area (Å²) in [6.07, 6.45) is 7.60. The van der Waals surface area contributed by atoms with Crippen molar-refractivity contribution in [3.63, 3.8) is 0 Å². The molecule has 0 aliphatic carbocycles. The van der Waals surface area contributed by atoms with Gasteiger partial charge in [0.15, 0.2) is 0 Å². The molecule has 0 saturated heterocycles. The number of hydrogen-bond donors (Lipinski definition) is 3. The number of benzene rings is 1. The van der Waals surface area contributed by atoms with E-state index in [0.717, 1.165) is 19.3 Å². The van der Waals surface area contributed by atoms with Crippen LogP contribution < -0.4 is 16.4 Å². The van der Waals surface area contributed by atoms with E-state index in [4.69, 9.17) is 16.9 Å². The number of terminal acetylenes is 1. The van der Waals surface area contributed by atoms with Crippen LogP contribution in [0.2, 0.25) is 0 Å². The van der Waals surface area contributed by atoms with E-state index in [-0.39, 0.29) is 31.3 Å². The fourth-order valence-electron chi connectivity index (χ4n) is 3.95. The number of amides is 4. The number of nitrogens with zero attached hydrogens (tertiary/aromatic N) is 1. The van der Waals surface area contributed by atoms with Crippen molar-refractivity contribution >= 4 is 23.8 Å². The van der Waals surface area contributed by atoms with Crippen LogP contribution in [0.25, 0.3) is 0 Å². The van der Waals surface area contributed by atoms with Crippen LogP contribution in [0.5, 0.6) is 0 Å². The topological polar surface area (TPSA) is 131 Å². The number of alkyl carbamates (subject to hydrolysis) is 1. The second-order valence-corrected chi connectivity index (χ2v) is 10.5. The van der Waals surface area contributed by atoms with Gasteiger partial charge in [0, 0.05) is 24.6 Å². The fraction of sp³-hybridized carbons (Fsp3) is 0.586. The number of carbonyl (C=O) groups excluding carboxylic acids is 4. The molecule has 0 fully saturated rings. The number of rotatable bonds is 14. The van der Waals surface area contributed by atoms with Gasteiger partial charge >= 0.3 is 6.09 Å². The minimum atomic E-state index is -1.12. The largest absolute Gasteiger partial charge is 0.444 e. The molecule has 1 rings (SSSR count). The molecular formula is C29H44N4O5. The number of carbonyl (C=O) groups is 4. The molecule has 0 saturated carbocycles. The van der Waals surface area contributed by atoms with Gasteiger partial charge in [-0.15, -0.1) is 6.42 Å². The third kappa shape index (κ3) is 11.2. The van der Waals surface area contributed by atoms with Crippen LogP contribution in [0, 0.1) is 12.3 Å². The van der Waals surface area contributed by atoms with Crippen molar-refractivity contribution in [3.05, 3.63) is 35.4 Å². The molecule has 0 aliphatic heterocycles. The van der Waals surface area contributed by atoms with Gasteiger partial charge in [-0.05, 0) is 64.7 Å². The van der Waals surface area contributed by atoms with E-state index >= 15 is 0 Å². The van der Waals surface area contributed by atoms with Crippen molar-refractivity contribution in [2.45, 2.75) is 104 Å². The van der Waals surface area contributed by atoms with E-state index in [2.05, 4.69) is 16.6 Å². The Bertz CT molecular complexity index is 978. The van der Waals surface area contributed by atoms with Gasteiger partial charge in [0.05, 0.1) is 0 Å². The first kappa shape index (κ1) is 32.5. The lowest BCUT2D eigenvalue weighted by Crippen LogP contribution is -2.54. The quantitative estimate of drug-likeness (QED) is 0.316. The Morgan fingerprint density at radius 3 is 2.18 bits per heavy atom. The molecule has 0 spiro atoms. The first-order chi connectivity index (χ1) is 17.8. The van der Waals surface area contributed by atoms with Crippen molar-refractivity contribution in [3.8, 4) is 12.3 Å². The Labute approximate surface area is 227 Å². The molecule has 3 unspecified atom stereocenters. The normalized spacial score (nSPS) is 13.4. The van der Waals surface area contributed by atoms with E-state index in [9.17, 15) is 19.2 Å². The summed E-state index contributed by atoms with van der Waals surface area (Å²) in [7, 11) is 0. The Balaban J connectivity index is 3.51. The Kier molecular flexibility index (Phi) is 13.4. The van der Waals surface area contributed by atoms with E-state index in [1.54, 1.807) is 45.0 Å². The second-order valence-electron chi connectivity index (χ2n) is 10.5. The second kappa shape index (κ2) is 15.7. The molecule has 3 atom stereocenters. The van der Waals surface area contributed by atoms with Crippen molar-refractivity contribution in [2.24, 2.45) is 5.73 Å². The maximum absolute atomic E-state index is 14.0. The van der Waals surface area contributed by atoms with Gasteiger partial charge in [-0.1, -0.05) is 44.7 Å². The van der Waals surface area contributed by atoms with Gasteiger partial charge < -0.3 is 26.0 Å². The van der Waals surface area contributed by atoms with Crippen LogP contribution in [0.15, 0.2) is 24.3 Å². The zero-order valence-corrected chi connectivity index (χ0v) is 23.6. The molecule has 0 aliphatic rings. The van der Waals surface area contributed by atoms with Crippen molar-refractivity contribution in [1.29, 1.82) is 0 Å². The molecule has 0 aromatic heterocycles. The number of primary amides is 1. The van der Waals surface area contributed by atoms with E-state index in [1.807, 2.05) is 20.8 Å². The van der Waals surface area contributed by atoms with Gasteiger partial charge in [0.1, 0.15) is 17.7 Å². The monoisotopic (exact) mass is 528 g/mol. The highest BCUT2D eigenvalue weighted by Gasteiger charge is 2.36. The van der Waals surface area contributed by atoms with Crippen molar-refractivity contribution in [2.75, 3.05) is 6.54 Å². The van der Waals surface area contributed by atoms with Gasteiger partial charge in [-0.3, -0.25) is 14.4 Å². The SMILES string of the molecule is C#Cc1ccc(C(C(=O)NC(C)CCC)N(CCCC)C(=O)C(CCC(N)=O)NC(=O)OC(C)(C)C)cc1. The molecule has 9 nitrogen and oxygen atoms in total. The van der Waals surface area contributed by atoms with Gasteiger partial charge in [0.25, 0.3) is 0 Å². The minimum absolute atomic E-state index is 0.0351. The van der Waals surface area contributed by atoms with Crippen LogP contribution in [0.3, 0.4) is 0 Å². The lowest BCUT2D eigenvalue weighted by molar-refractivity contribution is -0.143. The van der Waals surface area contributed by atoms with Crippen molar-refractivity contribution < 1.29 is 23.9 Å². The summed E-state index contributed by atoms with van der Waals surface area (Å²) in [5.41, 5.74) is 5.79.